The number of hydrogen-bond donors (Lipinski definition) is 1. The van der Waals surface area contributed by atoms with Crippen LogP contribution in [0.4, 0.5) is 5.69 Å². The lowest BCUT2D eigenvalue weighted by molar-refractivity contribution is 0.485. The first-order valence-electron chi connectivity index (χ1n) is 6.31. The molecule has 0 bridgehead atoms. The van der Waals surface area contributed by atoms with Gasteiger partial charge in [-0.2, -0.15) is 0 Å². The van der Waals surface area contributed by atoms with Gasteiger partial charge in [-0.05, 0) is 50.9 Å². The molecule has 2 nitrogen and oxygen atoms in total. The molecule has 2 rings (SSSR count). The molecule has 1 N–H and O–H groups in total. The van der Waals surface area contributed by atoms with Crippen LogP contribution in [0.15, 0.2) is 24.3 Å². The van der Waals surface area contributed by atoms with Gasteiger partial charge in [0.05, 0.1) is 0 Å². The zero-order valence-corrected chi connectivity index (χ0v) is 10.4. The van der Waals surface area contributed by atoms with Crippen molar-refractivity contribution in [1.29, 1.82) is 0 Å². The Morgan fingerprint density at radius 3 is 3.00 bits per heavy atom. The Hall–Kier alpha value is -1.02. The maximum absolute atomic E-state index is 3.56. The Morgan fingerprint density at radius 1 is 1.31 bits per heavy atom. The fraction of sp³-hybridized carbons (Fsp3) is 0.571. The predicted molar refractivity (Wildman–Crippen MR) is 70.1 cm³/mol. The lowest BCUT2D eigenvalue weighted by Crippen LogP contribution is -2.42. The van der Waals surface area contributed by atoms with Crippen LogP contribution in [-0.4, -0.2) is 25.7 Å². The second-order valence-electron chi connectivity index (χ2n) is 4.85. The first-order chi connectivity index (χ1) is 7.75. The quantitative estimate of drug-likeness (QED) is 0.779. The van der Waals surface area contributed by atoms with Gasteiger partial charge >= 0.3 is 0 Å². The molecule has 16 heavy (non-hydrogen) atoms. The molecule has 2 heteroatoms. The minimum absolute atomic E-state index is 0.584. The van der Waals surface area contributed by atoms with Crippen molar-refractivity contribution in [1.82, 2.24) is 5.32 Å². The number of nitrogens with one attached hydrogen (secondary N) is 1. The summed E-state index contributed by atoms with van der Waals surface area (Å²) in [5.41, 5.74) is 2.72. The smallest absolute Gasteiger partial charge is 0.0369 e. The molecule has 1 aromatic carbocycles. The van der Waals surface area contributed by atoms with Crippen LogP contribution in [0.5, 0.6) is 0 Å². The Morgan fingerprint density at radius 2 is 2.19 bits per heavy atom. The summed E-state index contributed by atoms with van der Waals surface area (Å²) in [5, 5.41) is 3.56. The van der Waals surface area contributed by atoms with E-state index < -0.39 is 0 Å². The normalized spacial score (nSPS) is 22.6. The first-order valence-corrected chi connectivity index (χ1v) is 6.31. The van der Waals surface area contributed by atoms with Crippen molar-refractivity contribution < 1.29 is 0 Å². The van der Waals surface area contributed by atoms with Gasteiger partial charge in [0, 0.05) is 24.8 Å². The van der Waals surface area contributed by atoms with Gasteiger partial charge in [-0.1, -0.05) is 12.1 Å². The van der Waals surface area contributed by atoms with Gasteiger partial charge in [0.25, 0.3) is 0 Å². The molecule has 1 aliphatic rings. The number of aryl methyl sites for hydroxylation is 1. The van der Waals surface area contributed by atoms with E-state index in [9.17, 15) is 0 Å². The minimum Gasteiger partial charge on any atom is -0.370 e. The molecule has 88 valence electrons. The highest BCUT2D eigenvalue weighted by Crippen LogP contribution is 2.17. The Kier molecular flexibility index (Phi) is 3.83. The van der Waals surface area contributed by atoms with Gasteiger partial charge < -0.3 is 10.2 Å². The predicted octanol–water partition coefficient (Wildman–Crippen LogP) is 2.57. The maximum Gasteiger partial charge on any atom is 0.0369 e. The lowest BCUT2D eigenvalue weighted by atomic mass is 10.1. The van der Waals surface area contributed by atoms with E-state index in [1.807, 2.05) is 0 Å². The lowest BCUT2D eigenvalue weighted by Gasteiger charge is -2.31. The molecule has 0 saturated carbocycles. The van der Waals surface area contributed by atoms with E-state index >= 15 is 0 Å². The number of anilines is 1. The molecule has 1 aromatic rings. The van der Waals surface area contributed by atoms with Crippen LogP contribution in [-0.2, 0) is 0 Å². The summed E-state index contributed by atoms with van der Waals surface area (Å²) in [5.74, 6) is 0. The van der Waals surface area contributed by atoms with Crippen molar-refractivity contribution in [3.63, 3.8) is 0 Å². The fourth-order valence-electron chi connectivity index (χ4n) is 2.32. The molecule has 1 atom stereocenters. The van der Waals surface area contributed by atoms with Crippen molar-refractivity contribution in [2.45, 2.75) is 32.7 Å². The van der Waals surface area contributed by atoms with Gasteiger partial charge in [-0.3, -0.25) is 0 Å². The largest absolute Gasteiger partial charge is 0.370 e. The third-order valence-electron chi connectivity index (χ3n) is 3.21. The van der Waals surface area contributed by atoms with Gasteiger partial charge in [0.2, 0.25) is 0 Å². The Balaban J connectivity index is 2.11. The molecule has 0 radical (unpaired) electrons. The van der Waals surface area contributed by atoms with Crippen molar-refractivity contribution in [2.24, 2.45) is 0 Å². The summed E-state index contributed by atoms with van der Waals surface area (Å²) in [6, 6.07) is 9.41. The van der Waals surface area contributed by atoms with E-state index in [1.54, 1.807) is 0 Å². The molecular formula is C14H22N2. The van der Waals surface area contributed by atoms with E-state index in [1.165, 1.54) is 37.2 Å². The summed E-state index contributed by atoms with van der Waals surface area (Å²) < 4.78 is 0. The van der Waals surface area contributed by atoms with Crippen LogP contribution in [0.25, 0.3) is 0 Å². The first kappa shape index (κ1) is 11.5. The highest BCUT2D eigenvalue weighted by atomic mass is 15.2. The zero-order valence-electron chi connectivity index (χ0n) is 10.4. The summed E-state index contributed by atoms with van der Waals surface area (Å²) in [7, 11) is 0. The summed E-state index contributed by atoms with van der Waals surface area (Å²) >= 11 is 0. The van der Waals surface area contributed by atoms with Crippen LogP contribution >= 0.6 is 0 Å². The number of nitrogens with zero attached hydrogens (tertiary/aromatic N) is 1. The van der Waals surface area contributed by atoms with E-state index in [0.29, 0.717) is 6.04 Å². The zero-order chi connectivity index (χ0) is 11.4. The van der Waals surface area contributed by atoms with Crippen molar-refractivity contribution >= 4 is 5.69 Å². The molecule has 1 saturated heterocycles. The topological polar surface area (TPSA) is 15.3 Å². The molecular weight excluding hydrogens is 196 g/mol. The van der Waals surface area contributed by atoms with E-state index in [2.05, 4.69) is 48.3 Å². The van der Waals surface area contributed by atoms with Crippen LogP contribution < -0.4 is 10.2 Å². The second-order valence-corrected chi connectivity index (χ2v) is 4.85. The van der Waals surface area contributed by atoms with Crippen LogP contribution in [0, 0.1) is 6.92 Å². The molecule has 1 heterocycles. The van der Waals surface area contributed by atoms with Gasteiger partial charge in [-0.15, -0.1) is 0 Å². The van der Waals surface area contributed by atoms with Crippen LogP contribution in [0.3, 0.4) is 0 Å². The summed E-state index contributed by atoms with van der Waals surface area (Å²) in [4.78, 5) is 2.50. The highest BCUT2D eigenvalue weighted by Gasteiger charge is 2.13. The summed E-state index contributed by atoms with van der Waals surface area (Å²) in [6.07, 6.45) is 2.57. The molecule has 1 aliphatic heterocycles. The fourth-order valence-corrected chi connectivity index (χ4v) is 2.32. The maximum atomic E-state index is 3.56. The SMILES string of the molecule is Cc1cccc(N2CCCCNC(C)C2)c1. The van der Waals surface area contributed by atoms with Crippen molar-refractivity contribution in [2.75, 3.05) is 24.5 Å². The Labute approximate surface area is 98.7 Å². The number of benzene rings is 1. The van der Waals surface area contributed by atoms with Gasteiger partial charge in [0.15, 0.2) is 0 Å². The molecule has 0 amide bonds. The average molecular weight is 218 g/mol. The van der Waals surface area contributed by atoms with E-state index in [-0.39, 0.29) is 0 Å². The van der Waals surface area contributed by atoms with E-state index in [0.717, 1.165) is 6.54 Å². The molecule has 0 aromatic heterocycles. The summed E-state index contributed by atoms with van der Waals surface area (Å²) in [6.45, 7) is 7.91. The highest BCUT2D eigenvalue weighted by molar-refractivity contribution is 5.48. The monoisotopic (exact) mass is 218 g/mol. The van der Waals surface area contributed by atoms with Gasteiger partial charge in [0.1, 0.15) is 0 Å². The molecule has 0 spiro atoms. The average Bonchev–Trinajstić information content (AvgIpc) is 2.23. The molecule has 0 aliphatic carbocycles. The van der Waals surface area contributed by atoms with Crippen LogP contribution in [0.1, 0.15) is 25.3 Å². The third-order valence-corrected chi connectivity index (χ3v) is 3.21. The van der Waals surface area contributed by atoms with Crippen molar-refractivity contribution in [3.05, 3.63) is 29.8 Å². The van der Waals surface area contributed by atoms with Crippen LogP contribution in [0.2, 0.25) is 0 Å². The second kappa shape index (κ2) is 5.35. The van der Waals surface area contributed by atoms with Crippen molar-refractivity contribution in [3.8, 4) is 0 Å². The number of rotatable bonds is 1. The molecule has 1 fully saturated rings. The van der Waals surface area contributed by atoms with Gasteiger partial charge in [-0.25, -0.2) is 0 Å². The Bertz CT molecular complexity index is 335. The molecule has 1 unspecified atom stereocenters. The third kappa shape index (κ3) is 2.99. The number of hydrogen-bond acceptors (Lipinski definition) is 2. The minimum atomic E-state index is 0.584. The standard InChI is InChI=1S/C14H22N2/c1-12-6-5-7-14(10-12)16-9-4-3-8-15-13(2)11-16/h5-7,10,13,15H,3-4,8-9,11H2,1-2H3. The van der Waals surface area contributed by atoms with E-state index in [4.69, 9.17) is 0 Å².